The van der Waals surface area contributed by atoms with Crippen LogP contribution in [0.2, 0.25) is 0 Å². The zero-order valence-corrected chi connectivity index (χ0v) is 10.0. The summed E-state index contributed by atoms with van der Waals surface area (Å²) in [6.45, 7) is 8.93. The van der Waals surface area contributed by atoms with Crippen LogP contribution < -0.4 is 0 Å². The quantitative estimate of drug-likeness (QED) is 0.589. The van der Waals surface area contributed by atoms with E-state index in [1.54, 1.807) is 0 Å². The molecule has 0 aromatic heterocycles. The summed E-state index contributed by atoms with van der Waals surface area (Å²) in [5.41, 5.74) is 0. The Balaban J connectivity index is 3.44. The zero-order chi connectivity index (χ0) is 11.0. The van der Waals surface area contributed by atoms with Crippen molar-refractivity contribution in [3.8, 4) is 0 Å². The minimum Gasteiger partial charge on any atom is -0.466 e. The Hall–Kier alpha value is -0.530. The highest BCUT2D eigenvalue weighted by molar-refractivity contribution is 5.69. The fourth-order valence-corrected chi connectivity index (χ4v) is 1.48. The van der Waals surface area contributed by atoms with E-state index in [-0.39, 0.29) is 5.97 Å². The summed E-state index contributed by atoms with van der Waals surface area (Å²) in [5.74, 6) is 1.18. The molecule has 0 N–H and O–H groups in total. The van der Waals surface area contributed by atoms with E-state index in [9.17, 15) is 4.79 Å². The van der Waals surface area contributed by atoms with E-state index in [2.05, 4.69) is 20.8 Å². The highest BCUT2D eigenvalue weighted by Crippen LogP contribution is 2.15. The van der Waals surface area contributed by atoms with E-state index < -0.39 is 0 Å². The maximum atomic E-state index is 11.1. The van der Waals surface area contributed by atoms with Crippen LogP contribution in [0, 0.1) is 11.8 Å². The topological polar surface area (TPSA) is 26.3 Å². The first-order chi connectivity index (χ1) is 6.56. The molecule has 2 heteroatoms. The third-order valence-corrected chi connectivity index (χ3v) is 2.30. The number of carbonyl (C=O) groups excluding carboxylic acids is 1. The van der Waals surface area contributed by atoms with Gasteiger partial charge in [-0.25, -0.2) is 0 Å². The van der Waals surface area contributed by atoms with Gasteiger partial charge in [-0.1, -0.05) is 40.0 Å². The van der Waals surface area contributed by atoms with Crippen molar-refractivity contribution >= 4 is 5.97 Å². The van der Waals surface area contributed by atoms with Crippen molar-refractivity contribution in [1.29, 1.82) is 0 Å². The Bertz CT molecular complexity index is 152. The first kappa shape index (κ1) is 13.5. The molecule has 1 atom stereocenters. The first-order valence-corrected chi connectivity index (χ1v) is 5.71. The van der Waals surface area contributed by atoms with Gasteiger partial charge in [-0.2, -0.15) is 0 Å². The predicted octanol–water partition coefficient (Wildman–Crippen LogP) is 3.40. The summed E-state index contributed by atoms with van der Waals surface area (Å²) < 4.78 is 4.90. The number of rotatable bonds is 7. The lowest BCUT2D eigenvalue weighted by Gasteiger charge is -2.11. The molecular weight excluding hydrogens is 176 g/mol. The molecule has 0 saturated heterocycles. The van der Waals surface area contributed by atoms with Gasteiger partial charge in [0.15, 0.2) is 0 Å². The van der Waals surface area contributed by atoms with Crippen LogP contribution in [0.25, 0.3) is 0 Å². The van der Waals surface area contributed by atoms with Crippen LogP contribution in [0.15, 0.2) is 0 Å². The molecule has 0 spiro atoms. The van der Waals surface area contributed by atoms with Gasteiger partial charge in [0.1, 0.15) is 0 Å². The highest BCUT2D eigenvalue weighted by atomic mass is 16.5. The normalized spacial score (nSPS) is 12.9. The van der Waals surface area contributed by atoms with Crippen molar-refractivity contribution in [2.45, 2.75) is 53.4 Å². The van der Waals surface area contributed by atoms with E-state index in [1.165, 1.54) is 12.8 Å². The molecule has 0 aliphatic heterocycles. The Labute approximate surface area is 88.0 Å². The Kier molecular flexibility index (Phi) is 7.54. The maximum Gasteiger partial charge on any atom is 0.306 e. The van der Waals surface area contributed by atoms with Crippen LogP contribution >= 0.6 is 0 Å². The molecule has 0 rings (SSSR count). The molecule has 0 aliphatic carbocycles. The number of ether oxygens (including phenoxy) is 1. The van der Waals surface area contributed by atoms with Crippen LogP contribution in [0.3, 0.4) is 0 Å². The van der Waals surface area contributed by atoms with Gasteiger partial charge >= 0.3 is 5.97 Å². The van der Waals surface area contributed by atoms with Crippen LogP contribution in [0.1, 0.15) is 53.4 Å². The summed E-state index contributed by atoms with van der Waals surface area (Å²) in [5, 5.41) is 0. The van der Waals surface area contributed by atoms with E-state index in [4.69, 9.17) is 4.74 Å². The van der Waals surface area contributed by atoms with Gasteiger partial charge in [0.05, 0.1) is 6.61 Å². The largest absolute Gasteiger partial charge is 0.466 e. The third-order valence-electron chi connectivity index (χ3n) is 2.30. The van der Waals surface area contributed by atoms with E-state index in [0.29, 0.717) is 18.9 Å². The molecule has 0 fully saturated rings. The van der Waals surface area contributed by atoms with Gasteiger partial charge in [-0.05, 0) is 18.8 Å². The van der Waals surface area contributed by atoms with Gasteiger partial charge in [0.25, 0.3) is 0 Å². The van der Waals surface area contributed by atoms with E-state index in [1.807, 2.05) is 6.92 Å². The van der Waals surface area contributed by atoms with Crippen molar-refractivity contribution in [1.82, 2.24) is 0 Å². The lowest BCUT2D eigenvalue weighted by molar-refractivity contribution is -0.144. The molecule has 84 valence electrons. The molecule has 2 nitrogen and oxygen atoms in total. The average molecular weight is 200 g/mol. The highest BCUT2D eigenvalue weighted by Gasteiger charge is 2.09. The molecule has 0 amide bonds. The number of esters is 1. The summed E-state index contributed by atoms with van der Waals surface area (Å²) in [6, 6.07) is 0. The summed E-state index contributed by atoms with van der Waals surface area (Å²) in [7, 11) is 0. The van der Waals surface area contributed by atoms with Gasteiger partial charge < -0.3 is 4.74 Å². The lowest BCUT2D eigenvalue weighted by Crippen LogP contribution is -2.09. The molecule has 0 heterocycles. The molecule has 0 bridgehead atoms. The SMILES string of the molecule is CCOC(=O)C[C@@H](C)CCCC(C)C. The molecular formula is C12H24O2. The van der Waals surface area contributed by atoms with Gasteiger partial charge in [0.2, 0.25) is 0 Å². The first-order valence-electron chi connectivity index (χ1n) is 5.71. The minimum absolute atomic E-state index is 0.0513. The van der Waals surface area contributed by atoms with Crippen LogP contribution in [-0.4, -0.2) is 12.6 Å². The van der Waals surface area contributed by atoms with E-state index in [0.717, 1.165) is 12.3 Å². The summed E-state index contributed by atoms with van der Waals surface area (Å²) in [6.07, 6.45) is 4.19. The van der Waals surface area contributed by atoms with Crippen molar-refractivity contribution in [2.75, 3.05) is 6.61 Å². The zero-order valence-electron chi connectivity index (χ0n) is 10.0. The summed E-state index contributed by atoms with van der Waals surface area (Å²) >= 11 is 0. The second kappa shape index (κ2) is 7.84. The number of hydrogen-bond acceptors (Lipinski definition) is 2. The minimum atomic E-state index is -0.0513. The molecule has 14 heavy (non-hydrogen) atoms. The Morgan fingerprint density at radius 2 is 1.86 bits per heavy atom. The second-order valence-electron chi connectivity index (χ2n) is 4.44. The standard InChI is InChI=1S/C12H24O2/c1-5-14-12(13)9-11(4)8-6-7-10(2)3/h10-11H,5-9H2,1-4H3/t11-/m0/s1. The fourth-order valence-electron chi connectivity index (χ4n) is 1.48. The molecule has 0 saturated carbocycles. The Morgan fingerprint density at radius 1 is 1.21 bits per heavy atom. The molecule has 0 unspecified atom stereocenters. The summed E-state index contributed by atoms with van der Waals surface area (Å²) in [4.78, 5) is 11.1. The monoisotopic (exact) mass is 200 g/mol. The average Bonchev–Trinajstić information content (AvgIpc) is 2.03. The van der Waals surface area contributed by atoms with Gasteiger partial charge in [-0.15, -0.1) is 0 Å². The van der Waals surface area contributed by atoms with Gasteiger partial charge in [0, 0.05) is 6.42 Å². The Morgan fingerprint density at radius 3 is 2.36 bits per heavy atom. The fraction of sp³-hybridized carbons (Fsp3) is 0.917. The number of hydrogen-bond donors (Lipinski definition) is 0. The van der Waals surface area contributed by atoms with Crippen molar-refractivity contribution in [3.63, 3.8) is 0 Å². The van der Waals surface area contributed by atoms with Crippen LogP contribution in [0.5, 0.6) is 0 Å². The van der Waals surface area contributed by atoms with Crippen LogP contribution in [-0.2, 0) is 9.53 Å². The molecule has 0 aliphatic rings. The van der Waals surface area contributed by atoms with E-state index >= 15 is 0 Å². The molecule has 0 aromatic rings. The van der Waals surface area contributed by atoms with Crippen molar-refractivity contribution in [2.24, 2.45) is 11.8 Å². The van der Waals surface area contributed by atoms with Crippen molar-refractivity contribution < 1.29 is 9.53 Å². The van der Waals surface area contributed by atoms with Gasteiger partial charge in [-0.3, -0.25) is 4.79 Å². The molecule has 0 radical (unpaired) electrons. The third kappa shape index (κ3) is 8.09. The number of carbonyl (C=O) groups is 1. The smallest absolute Gasteiger partial charge is 0.306 e. The molecule has 0 aromatic carbocycles. The van der Waals surface area contributed by atoms with Crippen molar-refractivity contribution in [3.05, 3.63) is 0 Å². The second-order valence-corrected chi connectivity index (χ2v) is 4.44. The predicted molar refractivity (Wildman–Crippen MR) is 59.1 cm³/mol. The maximum absolute atomic E-state index is 11.1. The lowest BCUT2D eigenvalue weighted by atomic mass is 9.97. The van der Waals surface area contributed by atoms with Crippen LogP contribution in [0.4, 0.5) is 0 Å².